The first-order valence-corrected chi connectivity index (χ1v) is 8.25. The van der Waals surface area contributed by atoms with Crippen molar-refractivity contribution in [3.8, 4) is 11.5 Å². The maximum Gasteiger partial charge on any atom is 0.339 e. The van der Waals surface area contributed by atoms with Crippen molar-refractivity contribution in [3.05, 3.63) is 23.3 Å². The fourth-order valence-electron chi connectivity index (χ4n) is 2.82. The van der Waals surface area contributed by atoms with Crippen molar-refractivity contribution >= 4 is 5.97 Å². The molecule has 0 aromatic heterocycles. The van der Waals surface area contributed by atoms with E-state index in [0.717, 1.165) is 31.4 Å². The Bertz CT molecular complexity index is 522. The molecule has 23 heavy (non-hydrogen) atoms. The van der Waals surface area contributed by atoms with Crippen molar-refractivity contribution in [3.63, 3.8) is 0 Å². The summed E-state index contributed by atoms with van der Waals surface area (Å²) in [7, 11) is 3.05. The summed E-state index contributed by atoms with van der Waals surface area (Å²) in [6.07, 6.45) is 8.11. The summed E-state index contributed by atoms with van der Waals surface area (Å²) < 4.78 is 15.6. The van der Waals surface area contributed by atoms with E-state index in [4.69, 9.17) is 14.2 Å². The first kappa shape index (κ1) is 17.6. The molecule has 1 aromatic rings. The Labute approximate surface area is 137 Å². The molecule has 1 aromatic carbocycles. The van der Waals surface area contributed by atoms with Gasteiger partial charge in [-0.2, -0.15) is 0 Å². The van der Waals surface area contributed by atoms with E-state index < -0.39 is 5.97 Å². The summed E-state index contributed by atoms with van der Waals surface area (Å²) in [5.41, 5.74) is 1.03. The van der Waals surface area contributed by atoms with E-state index in [1.165, 1.54) is 32.8 Å². The molecule has 0 saturated carbocycles. The van der Waals surface area contributed by atoms with Gasteiger partial charge in [-0.15, -0.1) is 0 Å². The van der Waals surface area contributed by atoms with Crippen LogP contribution in [0.5, 0.6) is 11.5 Å². The second kappa shape index (κ2) is 8.77. The van der Waals surface area contributed by atoms with Crippen LogP contribution in [0.25, 0.3) is 0 Å². The first-order valence-electron chi connectivity index (χ1n) is 8.25. The van der Waals surface area contributed by atoms with E-state index in [0.29, 0.717) is 17.6 Å². The molecule has 5 heteroatoms. The smallest absolute Gasteiger partial charge is 0.339 e. The van der Waals surface area contributed by atoms with Crippen molar-refractivity contribution in [2.24, 2.45) is 0 Å². The third-order valence-corrected chi connectivity index (χ3v) is 4.20. The summed E-state index contributed by atoms with van der Waals surface area (Å²) in [4.78, 5) is 11.5. The normalized spacial score (nSPS) is 16.2. The molecule has 1 saturated heterocycles. The fraction of sp³-hybridized carbons (Fsp3) is 0.611. The number of carbonyl (C=O) groups is 1. The van der Waals surface area contributed by atoms with Gasteiger partial charge in [0.05, 0.1) is 26.9 Å². The van der Waals surface area contributed by atoms with Gasteiger partial charge < -0.3 is 19.3 Å². The molecule has 2 rings (SSSR count). The highest BCUT2D eigenvalue weighted by atomic mass is 16.6. The predicted molar refractivity (Wildman–Crippen MR) is 87.7 cm³/mol. The quantitative estimate of drug-likeness (QED) is 0.497. The molecule has 1 aliphatic heterocycles. The third-order valence-electron chi connectivity index (χ3n) is 4.20. The average molecular weight is 322 g/mol. The Morgan fingerprint density at radius 3 is 2.48 bits per heavy atom. The zero-order chi connectivity index (χ0) is 16.7. The summed E-state index contributed by atoms with van der Waals surface area (Å²) in [5.74, 6) is 0.0338. The molecule has 1 fully saturated rings. The van der Waals surface area contributed by atoms with Crippen molar-refractivity contribution < 1.29 is 24.1 Å². The maximum absolute atomic E-state index is 11.5. The minimum absolute atomic E-state index is 0.249. The highest BCUT2D eigenvalue weighted by Crippen LogP contribution is 2.30. The number of ether oxygens (including phenoxy) is 3. The molecular weight excluding hydrogens is 296 g/mol. The molecule has 1 atom stereocenters. The fourth-order valence-corrected chi connectivity index (χ4v) is 2.82. The lowest BCUT2D eigenvalue weighted by atomic mass is 9.99. The van der Waals surface area contributed by atoms with Crippen molar-refractivity contribution in [2.45, 2.75) is 51.0 Å². The van der Waals surface area contributed by atoms with Crippen LogP contribution in [0.3, 0.4) is 0 Å². The Morgan fingerprint density at radius 2 is 1.87 bits per heavy atom. The molecule has 1 aliphatic rings. The monoisotopic (exact) mass is 322 g/mol. The van der Waals surface area contributed by atoms with Gasteiger partial charge in [-0.25, -0.2) is 4.79 Å². The number of aryl methyl sites for hydroxylation is 1. The van der Waals surface area contributed by atoms with Crippen LogP contribution in [0.2, 0.25) is 0 Å². The van der Waals surface area contributed by atoms with Crippen LogP contribution < -0.4 is 9.47 Å². The van der Waals surface area contributed by atoms with Gasteiger partial charge in [0.2, 0.25) is 0 Å². The number of aromatic carboxylic acids is 1. The van der Waals surface area contributed by atoms with Gasteiger partial charge in [0, 0.05) is 6.07 Å². The summed E-state index contributed by atoms with van der Waals surface area (Å²) in [5, 5.41) is 9.44. The van der Waals surface area contributed by atoms with Crippen LogP contribution in [0.1, 0.15) is 54.4 Å². The molecule has 0 aliphatic carbocycles. The number of carboxylic acids is 1. The second-order valence-electron chi connectivity index (χ2n) is 5.93. The van der Waals surface area contributed by atoms with Crippen LogP contribution in [0, 0.1) is 0 Å². The van der Waals surface area contributed by atoms with Crippen LogP contribution >= 0.6 is 0 Å². The van der Waals surface area contributed by atoms with Crippen LogP contribution in [-0.4, -0.2) is 38.0 Å². The van der Waals surface area contributed by atoms with Gasteiger partial charge in [-0.1, -0.05) is 25.7 Å². The Hall–Kier alpha value is -1.75. The van der Waals surface area contributed by atoms with Crippen LogP contribution in [0.15, 0.2) is 12.1 Å². The molecule has 1 heterocycles. The highest BCUT2D eigenvalue weighted by Gasteiger charge is 2.21. The summed E-state index contributed by atoms with van der Waals surface area (Å²) in [6.45, 7) is 0.940. The summed E-state index contributed by atoms with van der Waals surface area (Å²) in [6, 6.07) is 3.42. The zero-order valence-corrected chi connectivity index (χ0v) is 14.0. The van der Waals surface area contributed by atoms with Gasteiger partial charge in [0.25, 0.3) is 0 Å². The largest absolute Gasteiger partial charge is 0.497 e. The van der Waals surface area contributed by atoms with E-state index in [9.17, 15) is 9.90 Å². The van der Waals surface area contributed by atoms with Crippen molar-refractivity contribution in [2.75, 3.05) is 20.8 Å². The second-order valence-corrected chi connectivity index (χ2v) is 5.93. The van der Waals surface area contributed by atoms with E-state index in [2.05, 4.69) is 0 Å². The Balaban J connectivity index is 1.85. The third kappa shape index (κ3) is 5.43. The minimum Gasteiger partial charge on any atom is -0.497 e. The summed E-state index contributed by atoms with van der Waals surface area (Å²) >= 11 is 0. The predicted octanol–water partition coefficient (Wildman–Crippen LogP) is 3.68. The van der Waals surface area contributed by atoms with Gasteiger partial charge >= 0.3 is 5.97 Å². The average Bonchev–Trinajstić information content (AvgIpc) is 3.36. The minimum atomic E-state index is -0.955. The van der Waals surface area contributed by atoms with Gasteiger partial charge in [-0.3, -0.25) is 0 Å². The molecule has 0 radical (unpaired) electrons. The standard InChI is InChI=1S/C18H26O5/c1-21-15-10-13(17(18(19)20)16(11-15)22-2)8-6-4-3-5-7-9-14-12-23-14/h10-11,14H,3-9,12H2,1-2H3,(H,19,20). The molecule has 0 bridgehead atoms. The Kier molecular flexibility index (Phi) is 6.71. The Morgan fingerprint density at radius 1 is 1.17 bits per heavy atom. The number of epoxide rings is 1. The number of unbranched alkanes of at least 4 members (excludes halogenated alkanes) is 4. The number of methoxy groups -OCH3 is 2. The molecular formula is C18H26O5. The zero-order valence-electron chi connectivity index (χ0n) is 14.0. The van der Waals surface area contributed by atoms with Gasteiger partial charge in [0.15, 0.2) is 0 Å². The number of benzene rings is 1. The number of rotatable bonds is 11. The van der Waals surface area contributed by atoms with E-state index in [1.54, 1.807) is 19.2 Å². The molecule has 128 valence electrons. The number of hydrogen-bond donors (Lipinski definition) is 1. The van der Waals surface area contributed by atoms with E-state index in [-0.39, 0.29) is 5.56 Å². The van der Waals surface area contributed by atoms with Gasteiger partial charge in [0.1, 0.15) is 17.1 Å². The highest BCUT2D eigenvalue weighted by molar-refractivity contribution is 5.93. The molecule has 5 nitrogen and oxygen atoms in total. The topological polar surface area (TPSA) is 68.3 Å². The van der Waals surface area contributed by atoms with Gasteiger partial charge in [-0.05, 0) is 30.9 Å². The SMILES string of the molecule is COc1cc(CCCCCCCC2CO2)c(C(=O)O)c(OC)c1. The van der Waals surface area contributed by atoms with Crippen LogP contribution in [0.4, 0.5) is 0 Å². The van der Waals surface area contributed by atoms with E-state index in [1.807, 2.05) is 0 Å². The van der Waals surface area contributed by atoms with Crippen molar-refractivity contribution in [1.82, 2.24) is 0 Å². The molecule has 1 unspecified atom stereocenters. The number of hydrogen-bond acceptors (Lipinski definition) is 4. The first-order chi connectivity index (χ1) is 11.2. The molecule has 0 amide bonds. The molecule has 1 N–H and O–H groups in total. The molecule has 0 spiro atoms. The van der Waals surface area contributed by atoms with Crippen LogP contribution in [-0.2, 0) is 11.2 Å². The maximum atomic E-state index is 11.5. The lowest BCUT2D eigenvalue weighted by molar-refractivity contribution is 0.0692. The lowest BCUT2D eigenvalue weighted by Crippen LogP contribution is -2.06. The van der Waals surface area contributed by atoms with Crippen molar-refractivity contribution in [1.29, 1.82) is 0 Å². The number of carboxylic acid groups (broad SMARTS) is 1. The van der Waals surface area contributed by atoms with E-state index >= 15 is 0 Å². The lowest BCUT2D eigenvalue weighted by Gasteiger charge is -2.13.